The number of oxazole rings is 1. The van der Waals surface area contributed by atoms with Crippen LogP contribution in [0.5, 0.6) is 0 Å². The van der Waals surface area contributed by atoms with E-state index in [9.17, 15) is 14.4 Å². The van der Waals surface area contributed by atoms with Gasteiger partial charge in [0.1, 0.15) is 11.4 Å². The van der Waals surface area contributed by atoms with Gasteiger partial charge in [0, 0.05) is 32.3 Å². The van der Waals surface area contributed by atoms with Crippen molar-refractivity contribution >= 4 is 28.6 Å². The Balaban J connectivity index is 1.34. The van der Waals surface area contributed by atoms with E-state index in [1.165, 1.54) is 21.3 Å². The van der Waals surface area contributed by atoms with Gasteiger partial charge < -0.3 is 15.1 Å². The molecule has 3 heterocycles. The van der Waals surface area contributed by atoms with Crippen molar-refractivity contribution in [3.63, 3.8) is 0 Å². The maximum atomic E-state index is 12.9. The third kappa shape index (κ3) is 4.41. The normalized spacial score (nSPS) is 11.1. The van der Waals surface area contributed by atoms with E-state index in [1.807, 2.05) is 31.2 Å². The van der Waals surface area contributed by atoms with Gasteiger partial charge in [-0.25, -0.2) is 14.3 Å². The highest BCUT2D eigenvalue weighted by molar-refractivity contribution is 5.98. The average molecular weight is 470 g/mol. The minimum absolute atomic E-state index is 0.0928. The van der Waals surface area contributed by atoms with E-state index >= 15 is 0 Å². The van der Waals surface area contributed by atoms with E-state index in [4.69, 9.17) is 4.42 Å². The number of aromatic nitrogens is 4. The molecule has 2 N–H and O–H groups in total. The van der Waals surface area contributed by atoms with Gasteiger partial charge in [0.05, 0.1) is 11.7 Å². The fourth-order valence-corrected chi connectivity index (χ4v) is 3.72. The Morgan fingerprint density at radius 3 is 2.46 bits per heavy atom. The molecule has 0 unspecified atom stereocenters. The summed E-state index contributed by atoms with van der Waals surface area (Å²) in [6.07, 6.45) is 1.52. The van der Waals surface area contributed by atoms with Crippen molar-refractivity contribution < 1.29 is 14.0 Å². The van der Waals surface area contributed by atoms with Crippen LogP contribution in [-0.4, -0.2) is 31.0 Å². The zero-order chi connectivity index (χ0) is 24.5. The summed E-state index contributed by atoms with van der Waals surface area (Å²) in [6.45, 7) is 2.54. The molecule has 2 amide bonds. The van der Waals surface area contributed by atoms with Crippen LogP contribution in [-0.2, 0) is 20.1 Å². The van der Waals surface area contributed by atoms with Crippen LogP contribution >= 0.6 is 0 Å². The first-order valence-electron chi connectivity index (χ1n) is 10.9. The Kier molecular flexibility index (Phi) is 5.61. The molecule has 176 valence electrons. The van der Waals surface area contributed by atoms with Crippen LogP contribution < -0.4 is 16.4 Å². The van der Waals surface area contributed by atoms with Crippen LogP contribution in [0, 0.1) is 6.92 Å². The van der Waals surface area contributed by atoms with Crippen molar-refractivity contribution in [1.82, 2.24) is 29.8 Å². The molecule has 3 aromatic heterocycles. The fourth-order valence-electron chi connectivity index (χ4n) is 3.72. The number of carbonyl (C=O) groups is 2. The van der Waals surface area contributed by atoms with Gasteiger partial charge in [0.2, 0.25) is 0 Å². The van der Waals surface area contributed by atoms with Crippen LogP contribution in [0.3, 0.4) is 0 Å². The molecular weight excluding hydrogens is 448 g/mol. The number of amides is 2. The Morgan fingerprint density at radius 2 is 1.66 bits per heavy atom. The Labute approximate surface area is 199 Å². The van der Waals surface area contributed by atoms with E-state index in [1.54, 1.807) is 31.3 Å². The molecule has 0 aliphatic heterocycles. The molecule has 0 atom stereocenters. The summed E-state index contributed by atoms with van der Waals surface area (Å²) >= 11 is 0. The number of benzene rings is 2. The van der Waals surface area contributed by atoms with E-state index in [-0.39, 0.29) is 23.8 Å². The lowest BCUT2D eigenvalue weighted by molar-refractivity contribution is 0.0942. The molecule has 5 aromatic rings. The molecule has 10 heteroatoms. The topological polar surface area (TPSA) is 124 Å². The molecule has 0 saturated heterocycles. The maximum Gasteiger partial charge on any atom is 0.419 e. The molecular formula is C25H22N6O4. The summed E-state index contributed by atoms with van der Waals surface area (Å²) in [6, 6.07) is 16.1. The third-order valence-electron chi connectivity index (χ3n) is 5.71. The van der Waals surface area contributed by atoms with Crippen LogP contribution in [0.4, 0.5) is 0 Å². The molecule has 0 aliphatic carbocycles. The van der Waals surface area contributed by atoms with Gasteiger partial charge in [-0.05, 0) is 30.2 Å². The number of hydrogen-bond donors (Lipinski definition) is 2. The number of nitrogens with one attached hydrogen (secondary N) is 2. The van der Waals surface area contributed by atoms with E-state index in [2.05, 4.69) is 20.7 Å². The number of hydrogen-bond acceptors (Lipinski definition) is 6. The largest absolute Gasteiger partial charge is 0.419 e. The monoisotopic (exact) mass is 470 g/mol. The summed E-state index contributed by atoms with van der Waals surface area (Å²) in [4.78, 5) is 41.9. The number of aryl methyl sites for hydroxylation is 2. The Morgan fingerprint density at radius 1 is 0.943 bits per heavy atom. The minimum atomic E-state index is -0.451. The van der Waals surface area contributed by atoms with Crippen molar-refractivity contribution in [3.05, 3.63) is 99.4 Å². The molecule has 0 radical (unpaired) electrons. The van der Waals surface area contributed by atoms with Gasteiger partial charge in [0.25, 0.3) is 11.8 Å². The zero-order valence-electron chi connectivity index (χ0n) is 19.1. The van der Waals surface area contributed by atoms with Gasteiger partial charge in [-0.15, -0.1) is 0 Å². The molecule has 5 rings (SSSR count). The molecule has 10 nitrogen and oxygen atoms in total. The van der Waals surface area contributed by atoms with Crippen molar-refractivity contribution in [1.29, 1.82) is 0 Å². The van der Waals surface area contributed by atoms with Crippen LogP contribution in [0.1, 0.15) is 37.7 Å². The molecule has 0 saturated carbocycles. The summed E-state index contributed by atoms with van der Waals surface area (Å²) < 4.78 is 7.93. The lowest BCUT2D eigenvalue weighted by atomic mass is 10.1. The highest BCUT2D eigenvalue weighted by atomic mass is 16.4. The summed E-state index contributed by atoms with van der Waals surface area (Å²) in [5.41, 5.74) is 4.66. The molecule has 2 aromatic carbocycles. The van der Waals surface area contributed by atoms with Gasteiger partial charge in [-0.3, -0.25) is 14.2 Å². The van der Waals surface area contributed by atoms with Crippen molar-refractivity contribution in [2.24, 2.45) is 7.05 Å². The predicted molar refractivity (Wildman–Crippen MR) is 128 cm³/mol. The van der Waals surface area contributed by atoms with Gasteiger partial charge in [0.15, 0.2) is 11.2 Å². The third-order valence-corrected chi connectivity index (χ3v) is 5.71. The van der Waals surface area contributed by atoms with Crippen molar-refractivity contribution in [2.45, 2.75) is 20.0 Å². The SMILES string of the molecule is Cc1ccc(CNC(=O)c2cc(C(=O)NCc3ccc4oc(=O)n(C)c4c3)nc3ccnn23)cc1. The van der Waals surface area contributed by atoms with E-state index < -0.39 is 11.7 Å². The smallest absolute Gasteiger partial charge is 0.408 e. The quantitative estimate of drug-likeness (QED) is 0.393. The van der Waals surface area contributed by atoms with Crippen LogP contribution in [0.2, 0.25) is 0 Å². The van der Waals surface area contributed by atoms with Crippen molar-refractivity contribution in [3.8, 4) is 0 Å². The second-order valence-corrected chi connectivity index (χ2v) is 8.21. The first kappa shape index (κ1) is 22.1. The maximum absolute atomic E-state index is 12.9. The highest BCUT2D eigenvalue weighted by Gasteiger charge is 2.18. The first-order chi connectivity index (χ1) is 16.9. The average Bonchev–Trinajstić information content (AvgIpc) is 3.45. The zero-order valence-corrected chi connectivity index (χ0v) is 19.1. The molecule has 0 bridgehead atoms. The summed E-state index contributed by atoms with van der Waals surface area (Å²) in [5.74, 6) is -1.27. The molecule has 0 spiro atoms. The molecule has 0 fully saturated rings. The number of carbonyl (C=O) groups excluding carboxylic acids is 2. The highest BCUT2D eigenvalue weighted by Crippen LogP contribution is 2.15. The molecule has 0 aliphatic rings. The summed E-state index contributed by atoms with van der Waals surface area (Å²) in [5, 5.41) is 9.84. The number of nitrogens with zero attached hydrogens (tertiary/aromatic N) is 4. The second-order valence-electron chi connectivity index (χ2n) is 8.21. The lowest BCUT2D eigenvalue weighted by Crippen LogP contribution is -2.28. The summed E-state index contributed by atoms with van der Waals surface area (Å²) in [7, 11) is 1.62. The first-order valence-corrected chi connectivity index (χ1v) is 10.9. The second kappa shape index (κ2) is 8.90. The van der Waals surface area contributed by atoms with E-state index in [0.29, 0.717) is 23.3 Å². The van der Waals surface area contributed by atoms with Gasteiger partial charge >= 0.3 is 5.76 Å². The van der Waals surface area contributed by atoms with E-state index in [0.717, 1.165) is 16.7 Å². The molecule has 35 heavy (non-hydrogen) atoms. The fraction of sp³-hybridized carbons (Fsp3) is 0.160. The van der Waals surface area contributed by atoms with Gasteiger partial charge in [-0.1, -0.05) is 35.9 Å². The Hall–Kier alpha value is -4.73. The van der Waals surface area contributed by atoms with Gasteiger partial charge in [-0.2, -0.15) is 5.10 Å². The number of fused-ring (bicyclic) bond motifs is 2. The number of rotatable bonds is 6. The standard InChI is InChI=1S/C25H22N6O4/c1-15-3-5-16(6-4-15)13-27-24(33)20-12-18(29-22-9-10-28-31(20)22)23(32)26-14-17-7-8-21-19(11-17)30(2)25(34)35-21/h3-12H,13-14H2,1-2H3,(H,26,32)(H,27,33). The minimum Gasteiger partial charge on any atom is -0.408 e. The predicted octanol–water partition coefficient (Wildman–Crippen LogP) is 2.34. The lowest BCUT2D eigenvalue weighted by Gasteiger charge is -2.10. The van der Waals surface area contributed by atoms with Crippen LogP contribution in [0.15, 0.2) is 70.0 Å². The van der Waals surface area contributed by atoms with Crippen LogP contribution in [0.25, 0.3) is 16.7 Å². The van der Waals surface area contributed by atoms with Crippen molar-refractivity contribution in [2.75, 3.05) is 0 Å². The Bertz CT molecular complexity index is 1630.